The van der Waals surface area contributed by atoms with Crippen molar-refractivity contribution in [2.45, 2.75) is 26.2 Å². The first kappa shape index (κ1) is 9.89. The molecule has 2 heterocycles. The Balaban J connectivity index is 2.92. The number of nitrogens with zero attached hydrogens (tertiary/aromatic N) is 3. The van der Waals surface area contributed by atoms with Crippen LogP contribution in [0.25, 0.3) is 11.0 Å². The Labute approximate surface area is 87.1 Å². The topological polar surface area (TPSA) is 63.6 Å². The van der Waals surface area contributed by atoms with Gasteiger partial charge in [-0.1, -0.05) is 20.8 Å². The Bertz CT molecular complexity index is 559. The fraction of sp³-hybridized carbons (Fsp3) is 0.500. The van der Waals surface area contributed by atoms with E-state index in [0.717, 1.165) is 5.69 Å². The van der Waals surface area contributed by atoms with Crippen LogP contribution in [0.3, 0.4) is 0 Å². The largest absolute Gasteiger partial charge is 0.311 e. The van der Waals surface area contributed by atoms with Crippen molar-refractivity contribution in [3.8, 4) is 0 Å². The highest BCUT2D eigenvalue weighted by Gasteiger charge is 2.23. The molecule has 0 aliphatic rings. The summed E-state index contributed by atoms with van der Waals surface area (Å²) >= 11 is 0. The van der Waals surface area contributed by atoms with E-state index in [1.807, 2.05) is 0 Å². The number of aromatic amines is 1. The van der Waals surface area contributed by atoms with Gasteiger partial charge in [-0.3, -0.25) is 9.48 Å². The van der Waals surface area contributed by atoms with Crippen LogP contribution >= 0.6 is 0 Å². The summed E-state index contributed by atoms with van der Waals surface area (Å²) in [7, 11) is 1.76. The zero-order valence-electron chi connectivity index (χ0n) is 9.33. The van der Waals surface area contributed by atoms with E-state index in [2.05, 4.69) is 35.8 Å². The van der Waals surface area contributed by atoms with E-state index in [-0.39, 0.29) is 11.0 Å². The molecule has 0 aromatic carbocycles. The standard InChI is InChI=1S/C10H14N4O/c1-10(2,3)8-6-7(14(4)13-8)9(15)12-5-11-6/h5H,1-4H3,(H,11,12,15). The summed E-state index contributed by atoms with van der Waals surface area (Å²) in [4.78, 5) is 18.3. The number of aryl methyl sites for hydroxylation is 1. The molecule has 2 rings (SSSR count). The Kier molecular flexibility index (Phi) is 1.92. The molecule has 5 heteroatoms. The number of H-pyrrole nitrogens is 1. The monoisotopic (exact) mass is 206 g/mol. The van der Waals surface area contributed by atoms with Crippen LogP contribution in [0.1, 0.15) is 26.5 Å². The van der Waals surface area contributed by atoms with Crippen molar-refractivity contribution in [1.82, 2.24) is 19.7 Å². The van der Waals surface area contributed by atoms with Gasteiger partial charge in [0.25, 0.3) is 5.56 Å². The molecule has 2 aromatic heterocycles. The molecule has 0 saturated heterocycles. The van der Waals surface area contributed by atoms with E-state index >= 15 is 0 Å². The average molecular weight is 206 g/mol. The summed E-state index contributed by atoms with van der Waals surface area (Å²) in [6.07, 6.45) is 1.42. The van der Waals surface area contributed by atoms with Gasteiger partial charge in [-0.05, 0) is 0 Å². The predicted octanol–water partition coefficient (Wildman–Crippen LogP) is 0.954. The quantitative estimate of drug-likeness (QED) is 0.698. The minimum Gasteiger partial charge on any atom is -0.311 e. The number of aromatic nitrogens is 4. The molecular formula is C10H14N4O. The van der Waals surface area contributed by atoms with Gasteiger partial charge >= 0.3 is 0 Å². The molecule has 15 heavy (non-hydrogen) atoms. The van der Waals surface area contributed by atoms with Gasteiger partial charge in [0.1, 0.15) is 5.52 Å². The SMILES string of the molecule is Cn1nc(C(C)(C)C)c2nc[nH]c(=O)c21. The second kappa shape index (κ2) is 2.92. The molecule has 0 unspecified atom stereocenters. The third-order valence-corrected chi connectivity index (χ3v) is 2.34. The fourth-order valence-electron chi connectivity index (χ4n) is 1.62. The van der Waals surface area contributed by atoms with Crippen LogP contribution in [0, 0.1) is 0 Å². The van der Waals surface area contributed by atoms with Crippen LogP contribution < -0.4 is 5.56 Å². The molecular weight excluding hydrogens is 192 g/mol. The summed E-state index contributed by atoms with van der Waals surface area (Å²) in [6, 6.07) is 0. The summed E-state index contributed by atoms with van der Waals surface area (Å²) in [5, 5.41) is 4.36. The van der Waals surface area contributed by atoms with Crippen molar-refractivity contribution in [1.29, 1.82) is 0 Å². The van der Waals surface area contributed by atoms with Crippen LogP contribution in [0.2, 0.25) is 0 Å². The highest BCUT2D eigenvalue weighted by molar-refractivity contribution is 5.77. The van der Waals surface area contributed by atoms with Crippen LogP contribution in [0.15, 0.2) is 11.1 Å². The van der Waals surface area contributed by atoms with Crippen molar-refractivity contribution in [2.75, 3.05) is 0 Å². The zero-order valence-corrected chi connectivity index (χ0v) is 9.33. The van der Waals surface area contributed by atoms with Gasteiger partial charge in [-0.2, -0.15) is 5.10 Å². The zero-order chi connectivity index (χ0) is 11.2. The van der Waals surface area contributed by atoms with E-state index in [1.54, 1.807) is 11.7 Å². The minimum atomic E-state index is -0.148. The lowest BCUT2D eigenvalue weighted by Crippen LogP contribution is -2.13. The molecule has 0 amide bonds. The highest BCUT2D eigenvalue weighted by atomic mass is 16.1. The molecule has 5 nitrogen and oxygen atoms in total. The van der Waals surface area contributed by atoms with Gasteiger partial charge in [0.2, 0.25) is 0 Å². The number of hydrogen-bond donors (Lipinski definition) is 1. The van der Waals surface area contributed by atoms with Gasteiger partial charge in [-0.15, -0.1) is 0 Å². The van der Waals surface area contributed by atoms with Crippen LogP contribution in [0.4, 0.5) is 0 Å². The Morgan fingerprint density at radius 2 is 2.07 bits per heavy atom. The smallest absolute Gasteiger partial charge is 0.276 e. The first-order valence-electron chi connectivity index (χ1n) is 4.82. The van der Waals surface area contributed by atoms with Crippen LogP contribution in [-0.4, -0.2) is 19.7 Å². The molecule has 0 aliphatic carbocycles. The van der Waals surface area contributed by atoms with Crippen molar-refractivity contribution in [2.24, 2.45) is 7.05 Å². The predicted molar refractivity (Wildman–Crippen MR) is 57.8 cm³/mol. The maximum absolute atomic E-state index is 11.6. The molecule has 0 saturated carbocycles. The number of nitrogens with one attached hydrogen (secondary N) is 1. The van der Waals surface area contributed by atoms with Crippen LogP contribution in [0.5, 0.6) is 0 Å². The lowest BCUT2D eigenvalue weighted by Gasteiger charge is -2.14. The maximum Gasteiger partial charge on any atom is 0.276 e. The third kappa shape index (κ3) is 1.44. The molecule has 0 aliphatic heterocycles. The molecule has 0 atom stereocenters. The van der Waals surface area contributed by atoms with Crippen molar-refractivity contribution in [3.63, 3.8) is 0 Å². The first-order chi connectivity index (χ1) is 6.91. The Hall–Kier alpha value is -1.65. The summed E-state index contributed by atoms with van der Waals surface area (Å²) in [5.41, 5.74) is 1.81. The summed E-state index contributed by atoms with van der Waals surface area (Å²) < 4.78 is 1.59. The summed E-state index contributed by atoms with van der Waals surface area (Å²) in [5.74, 6) is 0. The average Bonchev–Trinajstić information content (AvgIpc) is 2.44. The Morgan fingerprint density at radius 1 is 1.40 bits per heavy atom. The van der Waals surface area contributed by atoms with E-state index in [0.29, 0.717) is 11.0 Å². The van der Waals surface area contributed by atoms with Crippen molar-refractivity contribution < 1.29 is 0 Å². The second-order valence-electron chi connectivity index (χ2n) is 4.65. The second-order valence-corrected chi connectivity index (χ2v) is 4.65. The van der Waals surface area contributed by atoms with Crippen LogP contribution in [-0.2, 0) is 12.5 Å². The summed E-state index contributed by atoms with van der Waals surface area (Å²) in [6.45, 7) is 6.16. The van der Waals surface area contributed by atoms with Gasteiger partial charge < -0.3 is 4.98 Å². The van der Waals surface area contributed by atoms with E-state index in [4.69, 9.17) is 0 Å². The molecule has 2 aromatic rings. The van der Waals surface area contributed by atoms with Crippen molar-refractivity contribution in [3.05, 3.63) is 22.4 Å². The Morgan fingerprint density at radius 3 is 2.67 bits per heavy atom. The number of hydrogen-bond acceptors (Lipinski definition) is 3. The minimum absolute atomic E-state index is 0.111. The first-order valence-corrected chi connectivity index (χ1v) is 4.82. The van der Waals surface area contributed by atoms with E-state index in [1.165, 1.54) is 6.33 Å². The van der Waals surface area contributed by atoms with Gasteiger partial charge in [-0.25, -0.2) is 4.98 Å². The highest BCUT2D eigenvalue weighted by Crippen LogP contribution is 2.25. The maximum atomic E-state index is 11.6. The van der Waals surface area contributed by atoms with E-state index < -0.39 is 0 Å². The van der Waals surface area contributed by atoms with Gasteiger partial charge in [0.05, 0.1) is 12.0 Å². The van der Waals surface area contributed by atoms with Gasteiger partial charge in [0, 0.05) is 12.5 Å². The third-order valence-electron chi connectivity index (χ3n) is 2.34. The molecule has 0 fully saturated rings. The number of fused-ring (bicyclic) bond motifs is 1. The fourth-order valence-corrected chi connectivity index (χ4v) is 1.62. The molecule has 80 valence electrons. The molecule has 0 spiro atoms. The number of rotatable bonds is 0. The van der Waals surface area contributed by atoms with Gasteiger partial charge in [0.15, 0.2) is 5.52 Å². The van der Waals surface area contributed by atoms with Crippen molar-refractivity contribution >= 4 is 11.0 Å². The normalized spacial score (nSPS) is 12.3. The lowest BCUT2D eigenvalue weighted by molar-refractivity contribution is 0.557. The molecule has 0 bridgehead atoms. The molecule has 1 N–H and O–H groups in total. The lowest BCUT2D eigenvalue weighted by atomic mass is 9.91. The molecule has 0 radical (unpaired) electrons. The van der Waals surface area contributed by atoms with E-state index in [9.17, 15) is 4.79 Å².